The summed E-state index contributed by atoms with van der Waals surface area (Å²) in [6.45, 7) is 6.58. The molecule has 0 spiro atoms. The van der Waals surface area contributed by atoms with Crippen LogP contribution in [0.1, 0.15) is 46.0 Å². The minimum atomic E-state index is 0.0304. The number of hydrogen-bond donors (Lipinski definition) is 1. The van der Waals surface area contributed by atoms with Gasteiger partial charge in [-0.1, -0.05) is 12.8 Å². The number of nitrogens with one attached hydrogen (secondary N) is 1. The Balaban J connectivity index is 1.98. The highest BCUT2D eigenvalue weighted by molar-refractivity contribution is 4.72. The molecule has 0 aliphatic heterocycles. The van der Waals surface area contributed by atoms with Crippen molar-refractivity contribution in [2.75, 3.05) is 20.2 Å². The normalized spacial score (nSPS) is 19.1. The van der Waals surface area contributed by atoms with Crippen LogP contribution in [0, 0.1) is 5.92 Å². The number of rotatable bonds is 6. The summed E-state index contributed by atoms with van der Waals surface area (Å²) in [4.78, 5) is 0. The van der Waals surface area contributed by atoms with Gasteiger partial charge in [-0.3, -0.25) is 0 Å². The van der Waals surface area contributed by atoms with Gasteiger partial charge in [0.1, 0.15) is 0 Å². The van der Waals surface area contributed by atoms with Crippen LogP contribution >= 0.6 is 0 Å². The van der Waals surface area contributed by atoms with Gasteiger partial charge >= 0.3 is 0 Å². The van der Waals surface area contributed by atoms with Crippen LogP contribution in [0.25, 0.3) is 0 Å². The van der Waals surface area contributed by atoms with Crippen LogP contribution < -0.4 is 5.32 Å². The maximum atomic E-state index is 5.37. The van der Waals surface area contributed by atoms with Crippen molar-refractivity contribution >= 4 is 0 Å². The third-order valence-electron chi connectivity index (χ3n) is 3.36. The SMILES string of the molecule is COC(C)(C)CCNCC1CCCC1. The summed E-state index contributed by atoms with van der Waals surface area (Å²) in [5, 5.41) is 3.54. The number of methoxy groups -OCH3 is 1. The van der Waals surface area contributed by atoms with Gasteiger partial charge in [-0.15, -0.1) is 0 Å². The molecule has 14 heavy (non-hydrogen) atoms. The molecule has 1 N–H and O–H groups in total. The maximum absolute atomic E-state index is 5.37. The Kier molecular flexibility index (Phi) is 4.90. The first-order valence-corrected chi connectivity index (χ1v) is 5.90. The average molecular weight is 199 g/mol. The Labute approximate surface area is 88.4 Å². The van der Waals surface area contributed by atoms with Crippen molar-refractivity contribution in [3.63, 3.8) is 0 Å². The molecule has 0 radical (unpaired) electrons. The highest BCUT2D eigenvalue weighted by Crippen LogP contribution is 2.23. The third-order valence-corrected chi connectivity index (χ3v) is 3.36. The largest absolute Gasteiger partial charge is 0.379 e. The third kappa shape index (κ3) is 4.43. The van der Waals surface area contributed by atoms with E-state index in [1.165, 1.54) is 32.2 Å². The fraction of sp³-hybridized carbons (Fsp3) is 1.00. The maximum Gasteiger partial charge on any atom is 0.0634 e. The molecule has 0 aromatic rings. The van der Waals surface area contributed by atoms with Gasteiger partial charge in [0.05, 0.1) is 5.60 Å². The van der Waals surface area contributed by atoms with Crippen molar-refractivity contribution in [3.8, 4) is 0 Å². The minimum Gasteiger partial charge on any atom is -0.379 e. The predicted molar refractivity (Wildman–Crippen MR) is 60.5 cm³/mol. The van der Waals surface area contributed by atoms with Gasteiger partial charge < -0.3 is 10.1 Å². The molecule has 1 rings (SSSR count). The van der Waals surface area contributed by atoms with E-state index in [2.05, 4.69) is 19.2 Å². The first-order valence-electron chi connectivity index (χ1n) is 5.90. The lowest BCUT2D eigenvalue weighted by Crippen LogP contribution is -2.30. The molecule has 1 aliphatic rings. The van der Waals surface area contributed by atoms with Crippen LogP contribution in [0.3, 0.4) is 0 Å². The smallest absolute Gasteiger partial charge is 0.0634 e. The van der Waals surface area contributed by atoms with Gasteiger partial charge in [-0.05, 0) is 52.1 Å². The molecule has 0 atom stereocenters. The summed E-state index contributed by atoms with van der Waals surface area (Å²) < 4.78 is 5.37. The quantitative estimate of drug-likeness (QED) is 0.664. The first kappa shape index (κ1) is 12.0. The van der Waals surface area contributed by atoms with Gasteiger partial charge in [0.15, 0.2) is 0 Å². The Morgan fingerprint density at radius 2 is 1.93 bits per heavy atom. The predicted octanol–water partition coefficient (Wildman–Crippen LogP) is 2.58. The zero-order valence-electron chi connectivity index (χ0n) is 9.94. The number of hydrogen-bond acceptors (Lipinski definition) is 2. The monoisotopic (exact) mass is 199 g/mol. The molecule has 0 amide bonds. The summed E-state index contributed by atoms with van der Waals surface area (Å²) in [6.07, 6.45) is 6.84. The van der Waals surface area contributed by atoms with Crippen molar-refractivity contribution in [1.82, 2.24) is 5.32 Å². The van der Waals surface area contributed by atoms with E-state index in [0.29, 0.717) is 0 Å². The minimum absolute atomic E-state index is 0.0304. The van der Waals surface area contributed by atoms with Crippen molar-refractivity contribution in [2.45, 2.75) is 51.6 Å². The number of ether oxygens (including phenoxy) is 1. The molecule has 2 nitrogen and oxygen atoms in total. The van der Waals surface area contributed by atoms with E-state index in [1.54, 1.807) is 7.11 Å². The standard InChI is InChI=1S/C12H25NO/c1-12(2,14-3)8-9-13-10-11-6-4-5-7-11/h11,13H,4-10H2,1-3H3. The lowest BCUT2D eigenvalue weighted by atomic mass is 10.0. The first-order chi connectivity index (χ1) is 6.64. The second-order valence-electron chi connectivity index (χ2n) is 5.07. The van der Waals surface area contributed by atoms with Crippen LogP contribution in [-0.2, 0) is 4.74 Å². The van der Waals surface area contributed by atoms with E-state index in [-0.39, 0.29) is 5.60 Å². The van der Waals surface area contributed by atoms with E-state index in [1.807, 2.05) is 0 Å². The fourth-order valence-electron chi connectivity index (χ4n) is 2.01. The molecule has 1 fully saturated rings. The zero-order chi connectivity index (χ0) is 10.4. The summed E-state index contributed by atoms with van der Waals surface area (Å²) in [7, 11) is 1.79. The fourth-order valence-corrected chi connectivity index (χ4v) is 2.01. The Bertz CT molecular complexity index is 150. The van der Waals surface area contributed by atoms with Crippen molar-refractivity contribution in [1.29, 1.82) is 0 Å². The molecule has 0 heterocycles. The summed E-state index contributed by atoms with van der Waals surface area (Å²) in [5.41, 5.74) is 0.0304. The van der Waals surface area contributed by atoms with Crippen LogP contribution in [0.5, 0.6) is 0 Å². The summed E-state index contributed by atoms with van der Waals surface area (Å²) in [6, 6.07) is 0. The second-order valence-corrected chi connectivity index (χ2v) is 5.07. The van der Waals surface area contributed by atoms with Gasteiger partial charge in [0.2, 0.25) is 0 Å². The van der Waals surface area contributed by atoms with E-state index < -0.39 is 0 Å². The molecular weight excluding hydrogens is 174 g/mol. The van der Waals surface area contributed by atoms with E-state index in [4.69, 9.17) is 4.74 Å². The molecule has 0 bridgehead atoms. The molecule has 0 aromatic heterocycles. The Hall–Kier alpha value is -0.0800. The van der Waals surface area contributed by atoms with Crippen LogP contribution in [0.15, 0.2) is 0 Å². The summed E-state index contributed by atoms with van der Waals surface area (Å²) >= 11 is 0. The van der Waals surface area contributed by atoms with Gasteiger partial charge in [-0.2, -0.15) is 0 Å². The van der Waals surface area contributed by atoms with Crippen LogP contribution in [0.2, 0.25) is 0 Å². The van der Waals surface area contributed by atoms with Crippen molar-refractivity contribution in [2.24, 2.45) is 5.92 Å². The molecule has 1 saturated carbocycles. The average Bonchev–Trinajstić information content (AvgIpc) is 2.65. The molecule has 0 aromatic carbocycles. The van der Waals surface area contributed by atoms with E-state index >= 15 is 0 Å². The molecule has 2 heteroatoms. The van der Waals surface area contributed by atoms with Gasteiger partial charge in [0, 0.05) is 7.11 Å². The molecule has 0 saturated heterocycles. The Morgan fingerprint density at radius 1 is 1.29 bits per heavy atom. The molecular formula is C12H25NO. The molecule has 84 valence electrons. The lowest BCUT2D eigenvalue weighted by Gasteiger charge is -2.23. The van der Waals surface area contributed by atoms with E-state index in [0.717, 1.165) is 18.9 Å². The Morgan fingerprint density at radius 3 is 2.50 bits per heavy atom. The topological polar surface area (TPSA) is 21.3 Å². The molecule has 1 aliphatic carbocycles. The van der Waals surface area contributed by atoms with Gasteiger partial charge in [-0.25, -0.2) is 0 Å². The van der Waals surface area contributed by atoms with E-state index in [9.17, 15) is 0 Å². The van der Waals surface area contributed by atoms with Crippen molar-refractivity contribution < 1.29 is 4.74 Å². The zero-order valence-corrected chi connectivity index (χ0v) is 9.94. The highest BCUT2D eigenvalue weighted by Gasteiger charge is 2.17. The van der Waals surface area contributed by atoms with Crippen LogP contribution in [0.4, 0.5) is 0 Å². The highest BCUT2D eigenvalue weighted by atomic mass is 16.5. The van der Waals surface area contributed by atoms with Gasteiger partial charge in [0.25, 0.3) is 0 Å². The summed E-state index contributed by atoms with van der Waals surface area (Å²) in [5.74, 6) is 0.945. The van der Waals surface area contributed by atoms with Crippen molar-refractivity contribution in [3.05, 3.63) is 0 Å². The molecule has 0 unspecified atom stereocenters. The lowest BCUT2D eigenvalue weighted by molar-refractivity contribution is 0.0157. The second kappa shape index (κ2) is 5.72. The van der Waals surface area contributed by atoms with Crippen LogP contribution in [-0.4, -0.2) is 25.8 Å².